The highest BCUT2D eigenvalue weighted by Gasteiger charge is 2.12. The van der Waals surface area contributed by atoms with Gasteiger partial charge in [-0.25, -0.2) is 0 Å². The Morgan fingerprint density at radius 3 is 2.36 bits per heavy atom. The standard InChI is InChI=1S/C18H20N2O2/c1-12-7-5-10-16(13(12)2)17(21)19-15-9-6-8-14(11-15)18(22)20(3)4/h5-11H,1-4H3,(H,19,21). The van der Waals surface area contributed by atoms with Crippen LogP contribution in [-0.2, 0) is 0 Å². The second-order valence-electron chi connectivity index (χ2n) is 5.48. The highest BCUT2D eigenvalue weighted by atomic mass is 16.2. The van der Waals surface area contributed by atoms with Gasteiger partial charge in [0.1, 0.15) is 0 Å². The van der Waals surface area contributed by atoms with E-state index in [9.17, 15) is 9.59 Å². The van der Waals surface area contributed by atoms with E-state index in [0.717, 1.165) is 11.1 Å². The van der Waals surface area contributed by atoms with Gasteiger partial charge in [0.25, 0.3) is 11.8 Å². The topological polar surface area (TPSA) is 49.4 Å². The smallest absolute Gasteiger partial charge is 0.255 e. The van der Waals surface area contributed by atoms with Gasteiger partial charge in [-0.2, -0.15) is 0 Å². The largest absolute Gasteiger partial charge is 0.345 e. The van der Waals surface area contributed by atoms with Crippen LogP contribution < -0.4 is 5.32 Å². The fourth-order valence-corrected chi connectivity index (χ4v) is 2.18. The molecule has 1 N–H and O–H groups in total. The van der Waals surface area contributed by atoms with Crippen LogP contribution in [0.15, 0.2) is 42.5 Å². The first kappa shape index (κ1) is 15.8. The first-order chi connectivity index (χ1) is 10.4. The maximum atomic E-state index is 12.4. The Kier molecular flexibility index (Phi) is 4.61. The van der Waals surface area contributed by atoms with Gasteiger partial charge in [0.15, 0.2) is 0 Å². The molecule has 4 heteroatoms. The molecular formula is C18H20N2O2. The monoisotopic (exact) mass is 296 g/mol. The summed E-state index contributed by atoms with van der Waals surface area (Å²) < 4.78 is 0. The summed E-state index contributed by atoms with van der Waals surface area (Å²) in [7, 11) is 3.40. The highest BCUT2D eigenvalue weighted by Crippen LogP contribution is 2.17. The molecule has 0 heterocycles. The second kappa shape index (κ2) is 6.43. The van der Waals surface area contributed by atoms with Gasteiger partial charge in [0.05, 0.1) is 0 Å². The van der Waals surface area contributed by atoms with E-state index in [1.807, 2.05) is 26.0 Å². The van der Waals surface area contributed by atoms with Gasteiger partial charge in [-0.05, 0) is 49.2 Å². The fourth-order valence-electron chi connectivity index (χ4n) is 2.18. The number of anilines is 1. The lowest BCUT2D eigenvalue weighted by atomic mass is 10.0. The zero-order chi connectivity index (χ0) is 16.3. The maximum Gasteiger partial charge on any atom is 0.255 e. The summed E-state index contributed by atoms with van der Waals surface area (Å²) in [6.07, 6.45) is 0. The van der Waals surface area contributed by atoms with Gasteiger partial charge < -0.3 is 10.2 Å². The number of rotatable bonds is 3. The van der Waals surface area contributed by atoms with Crippen molar-refractivity contribution in [1.82, 2.24) is 4.90 Å². The number of hydrogen-bond acceptors (Lipinski definition) is 2. The number of benzene rings is 2. The Hall–Kier alpha value is -2.62. The van der Waals surface area contributed by atoms with E-state index < -0.39 is 0 Å². The van der Waals surface area contributed by atoms with Crippen molar-refractivity contribution in [2.75, 3.05) is 19.4 Å². The summed E-state index contributed by atoms with van der Waals surface area (Å²) in [5, 5.41) is 2.85. The zero-order valence-electron chi connectivity index (χ0n) is 13.3. The summed E-state index contributed by atoms with van der Waals surface area (Å²) >= 11 is 0. The predicted octanol–water partition coefficient (Wildman–Crippen LogP) is 3.26. The molecule has 0 radical (unpaired) electrons. The van der Waals surface area contributed by atoms with E-state index >= 15 is 0 Å². The van der Waals surface area contributed by atoms with E-state index in [2.05, 4.69) is 5.32 Å². The van der Waals surface area contributed by atoms with E-state index in [0.29, 0.717) is 16.8 Å². The van der Waals surface area contributed by atoms with Crippen molar-refractivity contribution in [3.05, 3.63) is 64.7 Å². The molecule has 0 fully saturated rings. The Morgan fingerprint density at radius 1 is 1.00 bits per heavy atom. The van der Waals surface area contributed by atoms with E-state index in [1.54, 1.807) is 44.4 Å². The lowest BCUT2D eigenvalue weighted by Crippen LogP contribution is -2.22. The van der Waals surface area contributed by atoms with Crippen molar-refractivity contribution < 1.29 is 9.59 Å². The summed E-state index contributed by atoms with van der Waals surface area (Å²) in [4.78, 5) is 25.9. The number of amides is 2. The predicted molar refractivity (Wildman–Crippen MR) is 88.3 cm³/mol. The summed E-state index contributed by atoms with van der Waals surface area (Å²) in [5.41, 5.74) is 3.83. The van der Waals surface area contributed by atoms with E-state index in [1.165, 1.54) is 4.90 Å². The van der Waals surface area contributed by atoms with Gasteiger partial charge >= 0.3 is 0 Å². The van der Waals surface area contributed by atoms with Crippen molar-refractivity contribution in [1.29, 1.82) is 0 Å². The third-order valence-corrected chi connectivity index (χ3v) is 3.62. The molecule has 0 bridgehead atoms. The molecule has 2 aromatic rings. The van der Waals surface area contributed by atoms with Crippen LogP contribution in [0.5, 0.6) is 0 Å². The number of aryl methyl sites for hydroxylation is 1. The first-order valence-electron chi connectivity index (χ1n) is 7.09. The number of nitrogens with zero attached hydrogens (tertiary/aromatic N) is 1. The number of hydrogen-bond donors (Lipinski definition) is 1. The van der Waals surface area contributed by atoms with Crippen molar-refractivity contribution in [2.24, 2.45) is 0 Å². The van der Waals surface area contributed by atoms with E-state index in [-0.39, 0.29) is 11.8 Å². The lowest BCUT2D eigenvalue weighted by Gasteiger charge is -2.12. The summed E-state index contributed by atoms with van der Waals surface area (Å²) in [6.45, 7) is 3.90. The minimum atomic E-state index is -0.171. The zero-order valence-corrected chi connectivity index (χ0v) is 13.3. The average molecular weight is 296 g/mol. The average Bonchev–Trinajstić information content (AvgIpc) is 2.49. The molecular weight excluding hydrogens is 276 g/mol. The summed E-state index contributed by atoms with van der Waals surface area (Å²) in [6, 6.07) is 12.6. The third-order valence-electron chi connectivity index (χ3n) is 3.62. The maximum absolute atomic E-state index is 12.4. The molecule has 0 atom stereocenters. The Balaban J connectivity index is 2.24. The molecule has 0 saturated heterocycles. The fraction of sp³-hybridized carbons (Fsp3) is 0.222. The quantitative estimate of drug-likeness (QED) is 0.945. The molecule has 22 heavy (non-hydrogen) atoms. The number of nitrogens with one attached hydrogen (secondary N) is 1. The first-order valence-corrected chi connectivity index (χ1v) is 7.09. The van der Waals surface area contributed by atoms with Crippen LogP contribution in [0, 0.1) is 13.8 Å². The van der Waals surface area contributed by atoms with Crippen LogP contribution in [-0.4, -0.2) is 30.8 Å². The van der Waals surface area contributed by atoms with Crippen molar-refractivity contribution in [3.63, 3.8) is 0 Å². The molecule has 4 nitrogen and oxygen atoms in total. The third kappa shape index (κ3) is 3.34. The minimum Gasteiger partial charge on any atom is -0.345 e. The second-order valence-corrected chi connectivity index (χ2v) is 5.48. The van der Waals surface area contributed by atoms with Crippen LogP contribution in [0.2, 0.25) is 0 Å². The number of carbonyl (C=O) groups excluding carboxylic acids is 2. The molecule has 114 valence electrons. The van der Waals surface area contributed by atoms with Crippen molar-refractivity contribution in [3.8, 4) is 0 Å². The van der Waals surface area contributed by atoms with Gasteiger partial charge in [-0.3, -0.25) is 9.59 Å². The Labute approximate surface area is 130 Å². The molecule has 0 aliphatic rings. The van der Waals surface area contributed by atoms with Crippen LogP contribution in [0.3, 0.4) is 0 Å². The lowest BCUT2D eigenvalue weighted by molar-refractivity contribution is 0.0827. The van der Waals surface area contributed by atoms with Crippen molar-refractivity contribution in [2.45, 2.75) is 13.8 Å². The van der Waals surface area contributed by atoms with Gasteiger partial charge in [-0.15, -0.1) is 0 Å². The molecule has 0 aliphatic heterocycles. The number of carbonyl (C=O) groups is 2. The van der Waals surface area contributed by atoms with Crippen LogP contribution in [0.1, 0.15) is 31.8 Å². The summed E-state index contributed by atoms with van der Waals surface area (Å²) in [5.74, 6) is -0.265. The van der Waals surface area contributed by atoms with Crippen LogP contribution in [0.25, 0.3) is 0 Å². The van der Waals surface area contributed by atoms with Gasteiger partial charge in [-0.1, -0.05) is 18.2 Å². The van der Waals surface area contributed by atoms with Gasteiger partial charge in [0.2, 0.25) is 0 Å². The Morgan fingerprint density at radius 2 is 1.68 bits per heavy atom. The van der Waals surface area contributed by atoms with E-state index in [4.69, 9.17) is 0 Å². The molecule has 0 spiro atoms. The van der Waals surface area contributed by atoms with Gasteiger partial charge in [0, 0.05) is 30.9 Å². The molecule has 2 amide bonds. The molecule has 2 aromatic carbocycles. The highest BCUT2D eigenvalue weighted by molar-refractivity contribution is 6.06. The normalized spacial score (nSPS) is 10.2. The molecule has 0 unspecified atom stereocenters. The molecule has 2 rings (SSSR count). The van der Waals surface area contributed by atoms with Crippen LogP contribution in [0.4, 0.5) is 5.69 Å². The molecule has 0 aliphatic carbocycles. The molecule has 0 aromatic heterocycles. The molecule has 0 saturated carbocycles. The minimum absolute atomic E-state index is 0.0946. The van der Waals surface area contributed by atoms with Crippen molar-refractivity contribution >= 4 is 17.5 Å². The SMILES string of the molecule is Cc1cccc(C(=O)Nc2cccc(C(=O)N(C)C)c2)c1C. The van der Waals surface area contributed by atoms with Crippen LogP contribution >= 0.6 is 0 Å². The Bertz CT molecular complexity index is 721.